The first kappa shape index (κ1) is 23.8. The van der Waals surface area contributed by atoms with Gasteiger partial charge >= 0.3 is 0 Å². The van der Waals surface area contributed by atoms with Crippen molar-refractivity contribution >= 4 is 26.6 Å². The molecular formula is C26H32N4O4S. The summed E-state index contributed by atoms with van der Waals surface area (Å²) in [6.45, 7) is 8.94. The van der Waals surface area contributed by atoms with Crippen LogP contribution in [-0.2, 0) is 16.6 Å². The number of nitrogens with zero attached hydrogens (tertiary/aromatic N) is 4. The van der Waals surface area contributed by atoms with Gasteiger partial charge in [-0.2, -0.15) is 0 Å². The van der Waals surface area contributed by atoms with Crippen LogP contribution in [0.1, 0.15) is 11.3 Å². The summed E-state index contributed by atoms with van der Waals surface area (Å²) in [5.41, 5.74) is 3.75. The molecule has 0 radical (unpaired) electrons. The molecule has 0 aliphatic carbocycles. The fraction of sp³-hybridized carbons (Fsp3) is 0.423. The molecule has 0 atom stereocenters. The highest BCUT2D eigenvalue weighted by molar-refractivity contribution is 7.92. The van der Waals surface area contributed by atoms with Gasteiger partial charge < -0.3 is 9.47 Å². The van der Waals surface area contributed by atoms with Crippen molar-refractivity contribution in [1.29, 1.82) is 0 Å². The number of rotatable bonds is 7. The zero-order chi connectivity index (χ0) is 24.4. The van der Waals surface area contributed by atoms with Crippen LogP contribution in [0, 0.1) is 6.92 Å². The number of aryl methyl sites for hydroxylation is 1. The summed E-state index contributed by atoms with van der Waals surface area (Å²) >= 11 is 0. The second-order valence-electron chi connectivity index (χ2n) is 9.26. The summed E-state index contributed by atoms with van der Waals surface area (Å²) in [6, 6.07) is 16.0. The molecule has 8 nitrogen and oxygen atoms in total. The van der Waals surface area contributed by atoms with Crippen molar-refractivity contribution in [2.45, 2.75) is 13.5 Å². The van der Waals surface area contributed by atoms with Gasteiger partial charge in [-0.3, -0.25) is 19.1 Å². The Hall–Kier alpha value is -2.88. The van der Waals surface area contributed by atoms with Gasteiger partial charge in [-0.15, -0.1) is 0 Å². The summed E-state index contributed by atoms with van der Waals surface area (Å²) in [5, 5.41) is 1.09. The molecule has 0 amide bonds. The molecule has 3 aromatic rings. The first-order chi connectivity index (χ1) is 16.8. The highest BCUT2D eigenvalue weighted by atomic mass is 32.2. The lowest BCUT2D eigenvalue weighted by molar-refractivity contribution is 0.112. The summed E-state index contributed by atoms with van der Waals surface area (Å²) < 4.78 is 37.5. The molecule has 1 fully saturated rings. The van der Waals surface area contributed by atoms with E-state index in [9.17, 15) is 8.42 Å². The second-order valence-corrected chi connectivity index (χ2v) is 11.2. The lowest BCUT2D eigenvalue weighted by Crippen LogP contribution is -2.47. The maximum atomic E-state index is 12.2. The van der Waals surface area contributed by atoms with Gasteiger partial charge in [0.05, 0.1) is 24.0 Å². The van der Waals surface area contributed by atoms with Gasteiger partial charge in [0.25, 0.3) is 0 Å². The van der Waals surface area contributed by atoms with E-state index in [1.54, 1.807) is 0 Å². The number of hydrogen-bond donors (Lipinski definition) is 0. The van der Waals surface area contributed by atoms with Crippen molar-refractivity contribution in [1.82, 2.24) is 14.8 Å². The third-order valence-electron chi connectivity index (χ3n) is 6.59. The molecule has 186 valence electrons. The number of benzene rings is 2. The highest BCUT2D eigenvalue weighted by Gasteiger charge is 2.26. The van der Waals surface area contributed by atoms with E-state index in [2.05, 4.69) is 20.9 Å². The van der Waals surface area contributed by atoms with Crippen LogP contribution in [0.3, 0.4) is 0 Å². The number of ether oxygens (including phenoxy) is 2. The van der Waals surface area contributed by atoms with E-state index in [1.165, 1.54) is 10.6 Å². The van der Waals surface area contributed by atoms with Crippen LogP contribution in [0.4, 0.5) is 5.69 Å². The lowest BCUT2D eigenvalue weighted by atomic mass is 10.1. The molecule has 1 aromatic heterocycles. The molecule has 3 heterocycles. The maximum Gasteiger partial charge on any atom is 0.232 e. The summed E-state index contributed by atoms with van der Waals surface area (Å²) in [4.78, 5) is 9.37. The predicted octanol–water partition coefficient (Wildman–Crippen LogP) is 2.90. The van der Waals surface area contributed by atoms with Gasteiger partial charge in [0.2, 0.25) is 10.0 Å². The minimum absolute atomic E-state index is 0.353. The monoisotopic (exact) mass is 496 g/mol. The molecule has 0 spiro atoms. The topological polar surface area (TPSA) is 75.2 Å². The molecule has 0 saturated carbocycles. The van der Waals surface area contributed by atoms with Crippen molar-refractivity contribution in [3.63, 3.8) is 0 Å². The largest absolute Gasteiger partial charge is 0.492 e. The number of hydrogen-bond acceptors (Lipinski definition) is 7. The molecule has 5 rings (SSSR count). The number of anilines is 1. The molecule has 35 heavy (non-hydrogen) atoms. The molecule has 0 bridgehead atoms. The molecule has 2 aliphatic heterocycles. The Bertz CT molecular complexity index is 1310. The van der Waals surface area contributed by atoms with Crippen LogP contribution in [0.5, 0.6) is 11.5 Å². The highest BCUT2D eigenvalue weighted by Crippen LogP contribution is 2.34. The maximum absolute atomic E-state index is 12.2. The van der Waals surface area contributed by atoms with E-state index in [0.717, 1.165) is 67.2 Å². The normalized spacial score (nSPS) is 17.3. The van der Waals surface area contributed by atoms with Gasteiger partial charge in [-0.05, 0) is 48.9 Å². The van der Waals surface area contributed by atoms with Gasteiger partial charge in [0.15, 0.2) is 0 Å². The SMILES string of the molecule is Cc1ccc2cc(OCCN3CCN(Cc4ccc5c(c4)N(S(C)(=O)=O)CCO5)CC3)ccc2n1. The molecule has 2 aromatic carbocycles. The molecule has 9 heteroatoms. The fourth-order valence-electron chi connectivity index (χ4n) is 4.70. The van der Waals surface area contributed by atoms with Crippen LogP contribution in [0.25, 0.3) is 10.9 Å². The zero-order valence-corrected chi connectivity index (χ0v) is 21.1. The van der Waals surface area contributed by atoms with E-state index in [4.69, 9.17) is 9.47 Å². The van der Waals surface area contributed by atoms with Crippen molar-refractivity contribution < 1.29 is 17.9 Å². The lowest BCUT2D eigenvalue weighted by Gasteiger charge is -2.35. The van der Waals surface area contributed by atoms with Crippen LogP contribution in [0.2, 0.25) is 0 Å². The van der Waals surface area contributed by atoms with E-state index >= 15 is 0 Å². The Labute approximate surface area is 207 Å². The first-order valence-electron chi connectivity index (χ1n) is 12.0. The van der Waals surface area contributed by atoms with Crippen molar-refractivity contribution in [2.24, 2.45) is 0 Å². The summed E-state index contributed by atoms with van der Waals surface area (Å²) in [6.07, 6.45) is 1.25. The van der Waals surface area contributed by atoms with Crippen LogP contribution in [-0.4, -0.2) is 81.9 Å². The third-order valence-corrected chi connectivity index (χ3v) is 7.77. The molecule has 0 N–H and O–H groups in total. The van der Waals surface area contributed by atoms with Crippen molar-refractivity contribution in [2.75, 3.05) is 63.0 Å². The standard InChI is InChI=1S/C26H32N4O4S/c1-20-3-5-22-18-23(6-7-24(22)27-20)33-15-13-28-9-11-29(12-10-28)19-21-4-8-26-25(17-21)30(14-16-34-26)35(2,31)32/h3-8,17-18H,9-16,19H2,1-2H3. The van der Waals surface area contributed by atoms with Gasteiger partial charge in [-0.1, -0.05) is 12.1 Å². The smallest absolute Gasteiger partial charge is 0.232 e. The Morgan fingerprint density at radius 3 is 2.57 bits per heavy atom. The quantitative estimate of drug-likeness (QED) is 0.498. The third kappa shape index (κ3) is 5.69. The molecule has 1 saturated heterocycles. The van der Waals surface area contributed by atoms with Crippen LogP contribution >= 0.6 is 0 Å². The number of sulfonamides is 1. The number of piperazine rings is 1. The van der Waals surface area contributed by atoms with Crippen molar-refractivity contribution in [3.05, 3.63) is 59.8 Å². The number of fused-ring (bicyclic) bond motifs is 2. The van der Waals surface area contributed by atoms with E-state index < -0.39 is 10.0 Å². The first-order valence-corrected chi connectivity index (χ1v) is 13.9. The Morgan fingerprint density at radius 2 is 1.77 bits per heavy atom. The molecule has 0 unspecified atom stereocenters. The minimum atomic E-state index is -3.32. The summed E-state index contributed by atoms with van der Waals surface area (Å²) in [5.74, 6) is 1.51. The van der Waals surface area contributed by atoms with Gasteiger partial charge in [0, 0.05) is 50.3 Å². The van der Waals surface area contributed by atoms with Gasteiger partial charge in [-0.25, -0.2) is 8.42 Å². The van der Waals surface area contributed by atoms with Gasteiger partial charge in [0.1, 0.15) is 24.7 Å². The van der Waals surface area contributed by atoms with E-state index in [1.807, 2.05) is 49.4 Å². The number of aromatic nitrogens is 1. The van der Waals surface area contributed by atoms with Crippen LogP contribution in [0.15, 0.2) is 48.5 Å². The minimum Gasteiger partial charge on any atom is -0.492 e. The van der Waals surface area contributed by atoms with Crippen molar-refractivity contribution in [3.8, 4) is 11.5 Å². The average Bonchev–Trinajstić information content (AvgIpc) is 2.84. The predicted molar refractivity (Wildman–Crippen MR) is 138 cm³/mol. The Kier molecular flexibility index (Phi) is 6.82. The van der Waals surface area contributed by atoms with Crippen LogP contribution < -0.4 is 13.8 Å². The zero-order valence-electron chi connectivity index (χ0n) is 20.3. The van der Waals surface area contributed by atoms with E-state index in [0.29, 0.717) is 31.2 Å². The molecular weight excluding hydrogens is 464 g/mol. The fourth-order valence-corrected chi connectivity index (χ4v) is 5.60. The Balaban J connectivity index is 1.11. The van der Waals surface area contributed by atoms with E-state index in [-0.39, 0.29) is 0 Å². The summed E-state index contributed by atoms with van der Waals surface area (Å²) in [7, 11) is -3.32. The Morgan fingerprint density at radius 1 is 0.971 bits per heavy atom. The number of pyridine rings is 1. The average molecular weight is 497 g/mol. The second kappa shape index (κ2) is 10.0. The molecule has 2 aliphatic rings.